The summed E-state index contributed by atoms with van der Waals surface area (Å²) in [6, 6.07) is 4.56. The van der Waals surface area contributed by atoms with Crippen molar-refractivity contribution in [1.82, 2.24) is 4.72 Å². The molecule has 1 heterocycles. The Morgan fingerprint density at radius 3 is 2.81 bits per heavy atom. The number of sulfonamides is 1. The number of hydrogen-bond acceptors (Lipinski definition) is 4. The molecule has 1 unspecified atom stereocenters. The molecule has 6 nitrogen and oxygen atoms in total. The molecule has 0 saturated heterocycles. The van der Waals surface area contributed by atoms with E-state index in [0.29, 0.717) is 19.6 Å². The van der Waals surface area contributed by atoms with E-state index in [0.717, 1.165) is 11.3 Å². The Bertz CT molecular complexity index is 642. The van der Waals surface area contributed by atoms with Crippen molar-refractivity contribution in [3.63, 3.8) is 0 Å². The molecule has 0 radical (unpaired) electrons. The summed E-state index contributed by atoms with van der Waals surface area (Å²) >= 11 is 0. The summed E-state index contributed by atoms with van der Waals surface area (Å²) in [5, 5.41) is 0. The number of nitrogens with zero attached hydrogens (tertiary/aromatic N) is 1. The van der Waals surface area contributed by atoms with E-state index < -0.39 is 10.0 Å². The first-order valence-corrected chi connectivity index (χ1v) is 8.26. The lowest BCUT2D eigenvalue weighted by molar-refractivity contribution is -0.116. The van der Waals surface area contributed by atoms with E-state index in [4.69, 9.17) is 4.74 Å². The molecule has 1 aromatic carbocycles. The highest BCUT2D eigenvalue weighted by atomic mass is 32.2. The van der Waals surface area contributed by atoms with Crippen LogP contribution in [0.5, 0.6) is 0 Å². The minimum absolute atomic E-state index is 0.0313. The van der Waals surface area contributed by atoms with E-state index in [1.165, 1.54) is 20.1 Å². The molecule has 1 aliphatic heterocycles. The average Bonchev–Trinajstić information content (AvgIpc) is 2.81. The number of methoxy groups -OCH3 is 1. The van der Waals surface area contributed by atoms with Crippen molar-refractivity contribution in [3.05, 3.63) is 23.8 Å². The molecule has 116 valence electrons. The van der Waals surface area contributed by atoms with Gasteiger partial charge in [-0.3, -0.25) is 4.79 Å². The van der Waals surface area contributed by atoms with Gasteiger partial charge in [-0.15, -0.1) is 0 Å². The second kappa shape index (κ2) is 6.13. The molecular formula is C14H20N2O4S. The van der Waals surface area contributed by atoms with Crippen molar-refractivity contribution < 1.29 is 17.9 Å². The van der Waals surface area contributed by atoms with Gasteiger partial charge < -0.3 is 9.64 Å². The van der Waals surface area contributed by atoms with Crippen LogP contribution in [0.2, 0.25) is 0 Å². The second-order valence-electron chi connectivity index (χ2n) is 5.19. The van der Waals surface area contributed by atoms with Crippen LogP contribution in [-0.4, -0.2) is 40.6 Å². The Labute approximate surface area is 125 Å². The standard InChI is InChI=1S/C14H20N2O4S/c1-10(9-20-3)15-21(18,19)13-4-5-14-12(8-13)6-7-16(14)11(2)17/h4-5,8,10,15H,6-7,9H2,1-3H3. The lowest BCUT2D eigenvalue weighted by Crippen LogP contribution is -2.35. The number of anilines is 1. The molecule has 7 heteroatoms. The third-order valence-electron chi connectivity index (χ3n) is 3.41. The molecule has 1 atom stereocenters. The average molecular weight is 312 g/mol. The van der Waals surface area contributed by atoms with E-state index in [-0.39, 0.29) is 16.8 Å². The zero-order valence-electron chi connectivity index (χ0n) is 12.4. The van der Waals surface area contributed by atoms with Gasteiger partial charge in [0.05, 0.1) is 11.5 Å². The number of hydrogen-bond donors (Lipinski definition) is 1. The molecular weight excluding hydrogens is 292 g/mol. The highest BCUT2D eigenvalue weighted by molar-refractivity contribution is 7.89. The predicted octanol–water partition coefficient (Wildman–Crippen LogP) is 0.909. The minimum atomic E-state index is -3.57. The molecule has 0 aliphatic carbocycles. The molecule has 0 spiro atoms. The van der Waals surface area contributed by atoms with Gasteiger partial charge in [-0.25, -0.2) is 13.1 Å². The quantitative estimate of drug-likeness (QED) is 0.877. The van der Waals surface area contributed by atoms with E-state index in [2.05, 4.69) is 4.72 Å². The molecule has 0 fully saturated rings. The molecule has 0 bridgehead atoms. The maximum atomic E-state index is 12.3. The van der Waals surface area contributed by atoms with Crippen molar-refractivity contribution in [2.45, 2.75) is 31.2 Å². The number of amides is 1. The molecule has 1 aromatic rings. The minimum Gasteiger partial charge on any atom is -0.383 e. The summed E-state index contributed by atoms with van der Waals surface area (Å²) in [4.78, 5) is 13.4. The van der Waals surface area contributed by atoms with E-state index in [1.54, 1.807) is 24.0 Å². The van der Waals surface area contributed by atoms with Crippen LogP contribution in [-0.2, 0) is 26.0 Å². The summed E-state index contributed by atoms with van der Waals surface area (Å²) in [5.41, 5.74) is 1.68. The Kier molecular flexibility index (Phi) is 4.65. The van der Waals surface area contributed by atoms with Gasteiger partial charge in [0.1, 0.15) is 0 Å². The zero-order valence-corrected chi connectivity index (χ0v) is 13.2. The van der Waals surface area contributed by atoms with Crippen molar-refractivity contribution in [2.24, 2.45) is 0 Å². The van der Waals surface area contributed by atoms with Crippen LogP contribution >= 0.6 is 0 Å². The van der Waals surface area contributed by atoms with Gasteiger partial charge in [0.25, 0.3) is 0 Å². The van der Waals surface area contributed by atoms with Gasteiger partial charge in [-0.1, -0.05) is 0 Å². The summed E-state index contributed by atoms with van der Waals surface area (Å²) in [7, 11) is -2.05. The number of benzene rings is 1. The fourth-order valence-electron chi connectivity index (χ4n) is 2.49. The summed E-state index contributed by atoms with van der Waals surface area (Å²) < 4.78 is 32.1. The highest BCUT2D eigenvalue weighted by Gasteiger charge is 2.25. The first kappa shape index (κ1) is 15.9. The van der Waals surface area contributed by atoms with Gasteiger partial charge in [-0.2, -0.15) is 0 Å². The summed E-state index contributed by atoms with van der Waals surface area (Å²) in [6.45, 7) is 4.16. The molecule has 1 aliphatic rings. The smallest absolute Gasteiger partial charge is 0.240 e. The van der Waals surface area contributed by atoms with Crippen LogP contribution in [0.15, 0.2) is 23.1 Å². The lowest BCUT2D eigenvalue weighted by atomic mass is 10.2. The SMILES string of the molecule is COCC(C)NS(=O)(=O)c1ccc2c(c1)CCN2C(C)=O. The maximum Gasteiger partial charge on any atom is 0.240 e. The number of fused-ring (bicyclic) bond motifs is 1. The third-order valence-corrected chi connectivity index (χ3v) is 5.00. The summed E-state index contributed by atoms with van der Waals surface area (Å²) in [6.07, 6.45) is 0.673. The van der Waals surface area contributed by atoms with Crippen LogP contribution in [0.3, 0.4) is 0 Å². The predicted molar refractivity (Wildman–Crippen MR) is 79.8 cm³/mol. The third kappa shape index (κ3) is 3.42. The normalized spacial score (nSPS) is 15.9. The monoisotopic (exact) mass is 312 g/mol. The fraction of sp³-hybridized carbons (Fsp3) is 0.500. The van der Waals surface area contributed by atoms with Crippen LogP contribution in [0, 0.1) is 0 Å². The Morgan fingerprint density at radius 1 is 1.48 bits per heavy atom. The largest absolute Gasteiger partial charge is 0.383 e. The molecule has 1 N–H and O–H groups in total. The Hall–Kier alpha value is -1.44. The van der Waals surface area contributed by atoms with Crippen molar-refractivity contribution in [3.8, 4) is 0 Å². The first-order chi connectivity index (χ1) is 9.85. The maximum absolute atomic E-state index is 12.3. The number of carbonyl (C=O) groups excluding carboxylic acids is 1. The van der Waals surface area contributed by atoms with Crippen LogP contribution in [0.25, 0.3) is 0 Å². The van der Waals surface area contributed by atoms with Crippen molar-refractivity contribution in [2.75, 3.05) is 25.2 Å². The number of rotatable bonds is 5. The number of nitrogens with one attached hydrogen (secondary N) is 1. The molecule has 0 saturated carbocycles. The van der Waals surface area contributed by atoms with Gasteiger partial charge in [-0.05, 0) is 37.1 Å². The molecule has 0 aromatic heterocycles. The van der Waals surface area contributed by atoms with E-state index >= 15 is 0 Å². The number of ether oxygens (including phenoxy) is 1. The Morgan fingerprint density at radius 2 is 2.19 bits per heavy atom. The van der Waals surface area contributed by atoms with Crippen LogP contribution < -0.4 is 9.62 Å². The molecule has 21 heavy (non-hydrogen) atoms. The summed E-state index contributed by atoms with van der Waals surface area (Å²) in [5.74, 6) is -0.0313. The zero-order chi connectivity index (χ0) is 15.6. The van der Waals surface area contributed by atoms with Gasteiger partial charge in [0.2, 0.25) is 15.9 Å². The van der Waals surface area contributed by atoms with Crippen molar-refractivity contribution in [1.29, 1.82) is 0 Å². The van der Waals surface area contributed by atoms with Gasteiger partial charge in [0, 0.05) is 32.3 Å². The van der Waals surface area contributed by atoms with E-state index in [9.17, 15) is 13.2 Å². The first-order valence-electron chi connectivity index (χ1n) is 6.77. The van der Waals surface area contributed by atoms with Crippen LogP contribution in [0.1, 0.15) is 19.4 Å². The Balaban J connectivity index is 2.25. The van der Waals surface area contributed by atoms with Gasteiger partial charge in [0.15, 0.2) is 0 Å². The molecule has 1 amide bonds. The number of carbonyl (C=O) groups is 1. The molecule has 2 rings (SSSR count). The second-order valence-corrected chi connectivity index (χ2v) is 6.90. The van der Waals surface area contributed by atoms with Gasteiger partial charge >= 0.3 is 0 Å². The lowest BCUT2D eigenvalue weighted by Gasteiger charge is -2.16. The highest BCUT2D eigenvalue weighted by Crippen LogP contribution is 2.30. The fourth-order valence-corrected chi connectivity index (χ4v) is 3.77. The van der Waals surface area contributed by atoms with Crippen LogP contribution in [0.4, 0.5) is 5.69 Å². The topological polar surface area (TPSA) is 75.7 Å². The van der Waals surface area contributed by atoms with E-state index in [1.807, 2.05) is 0 Å². The van der Waals surface area contributed by atoms with Crippen molar-refractivity contribution >= 4 is 21.6 Å².